The second-order valence-electron chi connectivity index (χ2n) is 3.32. The van der Waals surface area contributed by atoms with Crippen molar-refractivity contribution < 1.29 is 9.18 Å². The summed E-state index contributed by atoms with van der Waals surface area (Å²) < 4.78 is 13.3. The van der Waals surface area contributed by atoms with Crippen LogP contribution in [0.3, 0.4) is 0 Å². The van der Waals surface area contributed by atoms with Crippen LogP contribution in [0.1, 0.15) is 12.5 Å². The summed E-state index contributed by atoms with van der Waals surface area (Å²) in [6, 6.07) is 6.28. The molecule has 3 nitrogen and oxygen atoms in total. The molecular formula is C11H11FN2O. The lowest BCUT2D eigenvalue weighted by Gasteiger charge is -2.07. The number of halogens is 1. The average Bonchev–Trinajstić information content (AvgIpc) is 2.20. The first-order valence-corrected chi connectivity index (χ1v) is 4.51. The molecule has 0 spiro atoms. The van der Waals surface area contributed by atoms with Crippen LogP contribution in [0.25, 0.3) is 0 Å². The van der Waals surface area contributed by atoms with Crippen LogP contribution >= 0.6 is 0 Å². The summed E-state index contributed by atoms with van der Waals surface area (Å²) in [5.74, 6) is -1.78. The van der Waals surface area contributed by atoms with Crippen LogP contribution in [-0.2, 0) is 4.79 Å². The number of benzene rings is 1. The van der Waals surface area contributed by atoms with Crippen molar-refractivity contribution in [3.63, 3.8) is 0 Å². The predicted molar refractivity (Wildman–Crippen MR) is 54.5 cm³/mol. The first-order valence-electron chi connectivity index (χ1n) is 4.51. The molecule has 0 aliphatic heterocycles. The molecule has 15 heavy (non-hydrogen) atoms. The minimum Gasteiger partial charge on any atom is -0.322 e. The van der Waals surface area contributed by atoms with Gasteiger partial charge in [0.25, 0.3) is 0 Å². The van der Waals surface area contributed by atoms with E-state index in [1.165, 1.54) is 19.1 Å². The van der Waals surface area contributed by atoms with Gasteiger partial charge in [0.15, 0.2) is 0 Å². The van der Waals surface area contributed by atoms with Gasteiger partial charge in [-0.15, -0.1) is 0 Å². The van der Waals surface area contributed by atoms with Gasteiger partial charge in [0.05, 0.1) is 11.8 Å². The van der Waals surface area contributed by atoms with Gasteiger partial charge in [-0.25, -0.2) is 4.39 Å². The van der Waals surface area contributed by atoms with Crippen LogP contribution in [0.5, 0.6) is 0 Å². The average molecular weight is 206 g/mol. The highest BCUT2D eigenvalue weighted by atomic mass is 19.1. The molecule has 0 saturated carbocycles. The quantitative estimate of drug-likeness (QED) is 0.806. The van der Waals surface area contributed by atoms with E-state index in [9.17, 15) is 9.18 Å². The van der Waals surface area contributed by atoms with Crippen LogP contribution in [0, 0.1) is 30.0 Å². The lowest BCUT2D eigenvalue weighted by atomic mass is 10.1. The summed E-state index contributed by atoms with van der Waals surface area (Å²) in [5, 5.41) is 10.8. The number of nitrogens with one attached hydrogen (secondary N) is 1. The zero-order valence-corrected chi connectivity index (χ0v) is 8.54. The number of nitriles is 1. The number of aryl methyl sites for hydroxylation is 1. The number of hydrogen-bond donors (Lipinski definition) is 1. The zero-order chi connectivity index (χ0) is 11.4. The van der Waals surface area contributed by atoms with Gasteiger partial charge >= 0.3 is 0 Å². The molecule has 1 unspecified atom stereocenters. The van der Waals surface area contributed by atoms with E-state index in [4.69, 9.17) is 5.26 Å². The van der Waals surface area contributed by atoms with Gasteiger partial charge in [0, 0.05) is 0 Å². The van der Waals surface area contributed by atoms with E-state index in [1.807, 2.05) is 0 Å². The minimum atomic E-state index is -0.786. The fraction of sp³-hybridized carbons (Fsp3) is 0.273. The number of anilines is 1. The predicted octanol–water partition coefficient (Wildman–Crippen LogP) is 2.23. The molecule has 0 bridgehead atoms. The second kappa shape index (κ2) is 4.56. The second-order valence-corrected chi connectivity index (χ2v) is 3.32. The fourth-order valence-corrected chi connectivity index (χ4v) is 1.02. The van der Waals surface area contributed by atoms with E-state index in [-0.39, 0.29) is 5.69 Å². The molecule has 78 valence electrons. The highest BCUT2D eigenvalue weighted by Crippen LogP contribution is 2.15. The largest absolute Gasteiger partial charge is 0.322 e. The maximum absolute atomic E-state index is 13.3. The lowest BCUT2D eigenvalue weighted by Crippen LogP contribution is -2.19. The van der Waals surface area contributed by atoms with E-state index in [0.29, 0.717) is 0 Å². The summed E-state index contributed by atoms with van der Waals surface area (Å²) >= 11 is 0. The fourth-order valence-electron chi connectivity index (χ4n) is 1.02. The standard InChI is InChI=1S/C11H11FN2O/c1-7-3-4-10(9(12)5-7)14-11(15)8(2)6-13/h3-5,8H,1-2H3,(H,14,15). The third-order valence-corrected chi connectivity index (χ3v) is 1.97. The molecule has 0 saturated heterocycles. The normalized spacial score (nSPS) is 11.6. The Bertz CT molecular complexity index is 423. The first kappa shape index (κ1) is 11.2. The van der Waals surface area contributed by atoms with Crippen molar-refractivity contribution in [1.29, 1.82) is 5.26 Å². The molecule has 1 atom stereocenters. The molecule has 1 aromatic rings. The molecule has 1 N–H and O–H groups in total. The Morgan fingerprint density at radius 3 is 2.80 bits per heavy atom. The smallest absolute Gasteiger partial charge is 0.241 e. The van der Waals surface area contributed by atoms with Crippen molar-refractivity contribution in [2.45, 2.75) is 13.8 Å². The van der Waals surface area contributed by atoms with Crippen molar-refractivity contribution in [2.24, 2.45) is 5.92 Å². The highest BCUT2D eigenvalue weighted by Gasteiger charge is 2.13. The summed E-state index contributed by atoms with van der Waals surface area (Å²) in [6.07, 6.45) is 0. The Labute approximate surface area is 87.5 Å². The molecule has 1 aromatic carbocycles. The number of hydrogen-bond acceptors (Lipinski definition) is 2. The van der Waals surface area contributed by atoms with E-state index in [1.54, 1.807) is 19.1 Å². The third-order valence-electron chi connectivity index (χ3n) is 1.97. The van der Waals surface area contributed by atoms with Gasteiger partial charge < -0.3 is 5.32 Å². The zero-order valence-electron chi connectivity index (χ0n) is 8.54. The first-order chi connectivity index (χ1) is 7.04. The summed E-state index contributed by atoms with van der Waals surface area (Å²) in [4.78, 5) is 11.3. The monoisotopic (exact) mass is 206 g/mol. The van der Waals surface area contributed by atoms with Gasteiger partial charge in [0.2, 0.25) is 5.91 Å². The molecule has 1 rings (SSSR count). The Kier molecular flexibility index (Phi) is 3.40. The lowest BCUT2D eigenvalue weighted by molar-refractivity contribution is -0.117. The number of rotatable bonds is 2. The van der Waals surface area contributed by atoms with E-state index in [2.05, 4.69) is 5.32 Å². The van der Waals surface area contributed by atoms with Crippen molar-refractivity contribution in [3.8, 4) is 6.07 Å². The van der Waals surface area contributed by atoms with Gasteiger partial charge in [-0.2, -0.15) is 5.26 Å². The SMILES string of the molecule is Cc1ccc(NC(=O)C(C)C#N)c(F)c1. The molecule has 0 radical (unpaired) electrons. The number of carbonyl (C=O) groups is 1. The molecule has 0 aromatic heterocycles. The Morgan fingerprint density at radius 1 is 1.60 bits per heavy atom. The van der Waals surface area contributed by atoms with Crippen molar-refractivity contribution >= 4 is 11.6 Å². The molecule has 0 fully saturated rings. The molecule has 0 aliphatic rings. The van der Waals surface area contributed by atoms with Crippen LogP contribution < -0.4 is 5.32 Å². The summed E-state index contributed by atoms with van der Waals surface area (Å²) in [5.41, 5.74) is 0.881. The maximum Gasteiger partial charge on any atom is 0.241 e. The number of nitrogens with zero attached hydrogens (tertiary/aromatic N) is 1. The van der Waals surface area contributed by atoms with E-state index >= 15 is 0 Å². The highest BCUT2D eigenvalue weighted by molar-refractivity contribution is 5.93. The third kappa shape index (κ3) is 2.78. The molecule has 0 heterocycles. The van der Waals surface area contributed by atoms with E-state index in [0.717, 1.165) is 5.56 Å². The van der Waals surface area contributed by atoms with Crippen LogP contribution in [0.2, 0.25) is 0 Å². The van der Waals surface area contributed by atoms with Crippen molar-refractivity contribution in [1.82, 2.24) is 0 Å². The molecule has 1 amide bonds. The Morgan fingerprint density at radius 2 is 2.27 bits per heavy atom. The summed E-state index contributed by atoms with van der Waals surface area (Å²) in [6.45, 7) is 3.22. The topological polar surface area (TPSA) is 52.9 Å². The van der Waals surface area contributed by atoms with Crippen LogP contribution in [0.4, 0.5) is 10.1 Å². The minimum absolute atomic E-state index is 0.104. The van der Waals surface area contributed by atoms with Gasteiger partial charge in [0.1, 0.15) is 11.7 Å². The van der Waals surface area contributed by atoms with Gasteiger partial charge in [-0.3, -0.25) is 4.79 Å². The number of amides is 1. The van der Waals surface area contributed by atoms with Crippen molar-refractivity contribution in [2.75, 3.05) is 5.32 Å². The van der Waals surface area contributed by atoms with E-state index < -0.39 is 17.6 Å². The van der Waals surface area contributed by atoms with Gasteiger partial charge in [-0.05, 0) is 31.5 Å². The van der Waals surface area contributed by atoms with Gasteiger partial charge in [-0.1, -0.05) is 6.07 Å². The Hall–Kier alpha value is -1.89. The van der Waals surface area contributed by atoms with Crippen molar-refractivity contribution in [3.05, 3.63) is 29.6 Å². The maximum atomic E-state index is 13.3. The number of carbonyl (C=O) groups excluding carboxylic acids is 1. The molecule has 4 heteroatoms. The summed E-state index contributed by atoms with van der Waals surface area (Å²) in [7, 11) is 0. The molecule has 0 aliphatic carbocycles. The van der Waals surface area contributed by atoms with Crippen LogP contribution in [-0.4, -0.2) is 5.91 Å². The van der Waals surface area contributed by atoms with Crippen LogP contribution in [0.15, 0.2) is 18.2 Å². The Balaban J connectivity index is 2.82. The molecular weight excluding hydrogens is 195 g/mol.